The molecule has 166 valence electrons. The number of carbonyl (C=O) groups excluding carboxylic acids is 2. The molecule has 2 amide bonds. The fourth-order valence-electron chi connectivity index (χ4n) is 4.81. The van der Waals surface area contributed by atoms with Crippen LogP contribution in [0.1, 0.15) is 55.1 Å². The normalized spacial score (nSPS) is 21.4. The molecule has 0 unspecified atom stereocenters. The molecule has 0 spiro atoms. The molecule has 7 heteroatoms. The molecule has 1 aliphatic carbocycles. The summed E-state index contributed by atoms with van der Waals surface area (Å²) >= 11 is 0. The standard InChI is InChI=1S/C25H28N4O3/c1-17-10-12-19(13-11-17)29-23(30)21-15-20(22-9-6-14-32-22)27-28(21)16-25(29,2)24(31)26-18-7-4-3-5-8-18/h6,9-15,18H,3-5,7-8,16H2,1-2H3,(H,26,31)/t25-/m0/s1. The summed E-state index contributed by atoms with van der Waals surface area (Å²) in [5.74, 6) is 0.209. The average molecular weight is 433 g/mol. The van der Waals surface area contributed by atoms with Gasteiger partial charge in [-0.1, -0.05) is 37.0 Å². The fourth-order valence-corrected chi connectivity index (χ4v) is 4.81. The minimum atomic E-state index is -1.11. The van der Waals surface area contributed by atoms with Gasteiger partial charge in [0, 0.05) is 17.8 Å². The van der Waals surface area contributed by atoms with E-state index < -0.39 is 5.54 Å². The van der Waals surface area contributed by atoms with Crippen molar-refractivity contribution in [3.05, 3.63) is 60.0 Å². The van der Waals surface area contributed by atoms with Gasteiger partial charge in [-0.25, -0.2) is 0 Å². The summed E-state index contributed by atoms with van der Waals surface area (Å²) in [5.41, 5.74) is 1.72. The lowest BCUT2D eigenvalue weighted by molar-refractivity contribution is -0.127. The molecule has 1 fully saturated rings. The van der Waals surface area contributed by atoms with Crippen molar-refractivity contribution in [1.82, 2.24) is 15.1 Å². The van der Waals surface area contributed by atoms with Crippen LogP contribution in [-0.2, 0) is 11.3 Å². The molecule has 2 aliphatic rings. The number of furan rings is 1. The average Bonchev–Trinajstić information content (AvgIpc) is 3.46. The Kier molecular flexibility index (Phi) is 5.12. The summed E-state index contributed by atoms with van der Waals surface area (Å²) in [4.78, 5) is 29.0. The second kappa shape index (κ2) is 7.97. The first-order chi connectivity index (χ1) is 15.5. The predicted molar refractivity (Wildman–Crippen MR) is 121 cm³/mol. The number of fused-ring (bicyclic) bond motifs is 1. The van der Waals surface area contributed by atoms with Crippen LogP contribution in [-0.4, -0.2) is 33.2 Å². The number of carbonyl (C=O) groups is 2. The van der Waals surface area contributed by atoms with Gasteiger partial charge < -0.3 is 9.73 Å². The Hall–Kier alpha value is -3.35. The Bertz CT molecular complexity index is 1130. The molecule has 2 aromatic heterocycles. The van der Waals surface area contributed by atoms with Crippen molar-refractivity contribution < 1.29 is 14.0 Å². The summed E-state index contributed by atoms with van der Waals surface area (Å²) in [6.07, 6.45) is 7.00. The van der Waals surface area contributed by atoms with Crippen LogP contribution in [0.15, 0.2) is 53.1 Å². The van der Waals surface area contributed by atoms with Gasteiger partial charge in [-0.2, -0.15) is 5.10 Å². The van der Waals surface area contributed by atoms with Crippen LogP contribution >= 0.6 is 0 Å². The van der Waals surface area contributed by atoms with Gasteiger partial charge in [0.2, 0.25) is 5.91 Å². The zero-order valence-electron chi connectivity index (χ0n) is 18.5. The zero-order valence-corrected chi connectivity index (χ0v) is 18.5. The van der Waals surface area contributed by atoms with Crippen LogP contribution in [0.3, 0.4) is 0 Å². The van der Waals surface area contributed by atoms with Gasteiger partial charge in [0.05, 0.1) is 12.8 Å². The van der Waals surface area contributed by atoms with Crippen molar-refractivity contribution in [2.45, 2.75) is 64.1 Å². The highest BCUT2D eigenvalue weighted by molar-refractivity contribution is 6.12. The second-order valence-corrected chi connectivity index (χ2v) is 9.11. The van der Waals surface area contributed by atoms with Crippen LogP contribution in [0.2, 0.25) is 0 Å². The van der Waals surface area contributed by atoms with Gasteiger partial charge >= 0.3 is 0 Å². The Morgan fingerprint density at radius 2 is 1.91 bits per heavy atom. The highest BCUT2D eigenvalue weighted by Gasteiger charge is 2.49. The molecule has 1 N–H and O–H groups in total. The van der Waals surface area contributed by atoms with Gasteiger partial charge in [-0.05, 0) is 51.0 Å². The summed E-state index contributed by atoms with van der Waals surface area (Å²) in [5, 5.41) is 7.84. The number of rotatable bonds is 4. The molecule has 1 aliphatic heterocycles. The number of aryl methyl sites for hydroxylation is 1. The number of hydrogen-bond donors (Lipinski definition) is 1. The molecule has 32 heavy (non-hydrogen) atoms. The largest absolute Gasteiger partial charge is 0.463 e. The molecule has 3 aromatic rings. The molecule has 0 bridgehead atoms. The van der Waals surface area contributed by atoms with Crippen molar-refractivity contribution in [3.63, 3.8) is 0 Å². The maximum absolute atomic E-state index is 13.8. The lowest BCUT2D eigenvalue weighted by atomic mass is 9.91. The van der Waals surface area contributed by atoms with Crippen molar-refractivity contribution in [3.8, 4) is 11.5 Å². The molecule has 3 heterocycles. The quantitative estimate of drug-likeness (QED) is 0.666. The molecule has 1 aromatic carbocycles. The van der Waals surface area contributed by atoms with E-state index in [1.165, 1.54) is 6.42 Å². The fraction of sp³-hybridized carbons (Fsp3) is 0.400. The van der Waals surface area contributed by atoms with E-state index in [0.717, 1.165) is 31.2 Å². The van der Waals surface area contributed by atoms with Crippen LogP contribution in [0.25, 0.3) is 11.5 Å². The first-order valence-electron chi connectivity index (χ1n) is 11.3. The molecule has 7 nitrogen and oxygen atoms in total. The number of benzene rings is 1. The zero-order chi connectivity index (χ0) is 22.3. The third-order valence-electron chi connectivity index (χ3n) is 6.65. The summed E-state index contributed by atoms with van der Waals surface area (Å²) < 4.78 is 7.12. The van der Waals surface area contributed by atoms with E-state index in [2.05, 4.69) is 10.4 Å². The Morgan fingerprint density at radius 1 is 1.16 bits per heavy atom. The number of nitrogens with one attached hydrogen (secondary N) is 1. The topological polar surface area (TPSA) is 80.4 Å². The number of hydrogen-bond acceptors (Lipinski definition) is 4. The minimum Gasteiger partial charge on any atom is -0.463 e. The van der Waals surface area contributed by atoms with Crippen LogP contribution in [0, 0.1) is 6.92 Å². The molecule has 5 rings (SSSR count). The molecule has 0 saturated heterocycles. The van der Waals surface area contributed by atoms with E-state index in [9.17, 15) is 9.59 Å². The molecular formula is C25H28N4O3. The van der Waals surface area contributed by atoms with E-state index in [4.69, 9.17) is 4.42 Å². The van der Waals surface area contributed by atoms with Crippen molar-refractivity contribution in [2.75, 3.05) is 4.90 Å². The Morgan fingerprint density at radius 3 is 2.59 bits per heavy atom. The van der Waals surface area contributed by atoms with Crippen molar-refractivity contribution in [1.29, 1.82) is 0 Å². The smallest absolute Gasteiger partial charge is 0.277 e. The van der Waals surface area contributed by atoms with E-state index in [1.807, 2.05) is 44.2 Å². The highest BCUT2D eigenvalue weighted by atomic mass is 16.3. The van der Waals surface area contributed by atoms with Crippen molar-refractivity contribution >= 4 is 17.5 Å². The SMILES string of the molecule is Cc1ccc(N2C(=O)c3cc(-c4ccco4)nn3C[C@@]2(C)C(=O)NC2CCCCC2)cc1. The third kappa shape index (κ3) is 3.51. The molecular weight excluding hydrogens is 404 g/mol. The maximum Gasteiger partial charge on any atom is 0.277 e. The molecule has 1 saturated carbocycles. The lowest BCUT2D eigenvalue weighted by Gasteiger charge is -2.44. The van der Waals surface area contributed by atoms with Crippen LogP contribution < -0.4 is 10.2 Å². The highest BCUT2D eigenvalue weighted by Crippen LogP contribution is 2.34. The van der Waals surface area contributed by atoms with Gasteiger partial charge in [0.1, 0.15) is 16.9 Å². The second-order valence-electron chi connectivity index (χ2n) is 9.11. The van der Waals surface area contributed by atoms with Gasteiger partial charge in [0.25, 0.3) is 5.91 Å². The van der Waals surface area contributed by atoms with E-state index in [0.29, 0.717) is 22.8 Å². The van der Waals surface area contributed by atoms with E-state index >= 15 is 0 Å². The summed E-state index contributed by atoms with van der Waals surface area (Å²) in [7, 11) is 0. The van der Waals surface area contributed by atoms with E-state index in [1.54, 1.807) is 28.0 Å². The van der Waals surface area contributed by atoms with Crippen LogP contribution in [0.5, 0.6) is 0 Å². The van der Waals surface area contributed by atoms with Gasteiger partial charge in [0.15, 0.2) is 5.76 Å². The predicted octanol–water partition coefficient (Wildman–Crippen LogP) is 4.32. The third-order valence-corrected chi connectivity index (χ3v) is 6.65. The minimum absolute atomic E-state index is 0.140. The molecule has 0 radical (unpaired) electrons. The van der Waals surface area contributed by atoms with Gasteiger partial charge in [-0.15, -0.1) is 0 Å². The first-order valence-corrected chi connectivity index (χ1v) is 11.3. The monoisotopic (exact) mass is 432 g/mol. The van der Waals surface area contributed by atoms with Crippen molar-refractivity contribution in [2.24, 2.45) is 0 Å². The van der Waals surface area contributed by atoms with Crippen LogP contribution in [0.4, 0.5) is 5.69 Å². The number of nitrogens with zero attached hydrogens (tertiary/aromatic N) is 3. The summed E-state index contributed by atoms with van der Waals surface area (Å²) in [6, 6.07) is 13.2. The molecule has 1 atom stereocenters. The number of amides is 2. The van der Waals surface area contributed by atoms with Gasteiger partial charge in [-0.3, -0.25) is 19.2 Å². The Labute approximate surface area is 187 Å². The first kappa shape index (κ1) is 20.5. The summed E-state index contributed by atoms with van der Waals surface area (Å²) in [6.45, 7) is 4.10. The van der Waals surface area contributed by atoms with E-state index in [-0.39, 0.29) is 24.4 Å². The maximum atomic E-state index is 13.8. The Balaban J connectivity index is 1.55. The lowest BCUT2D eigenvalue weighted by Crippen LogP contribution is -2.65. The number of anilines is 1. The number of aromatic nitrogens is 2.